The zero-order chi connectivity index (χ0) is 23.2. The highest BCUT2D eigenvalue weighted by molar-refractivity contribution is 6.31. The van der Waals surface area contributed by atoms with Gasteiger partial charge in [0.05, 0.1) is 29.8 Å². The van der Waals surface area contributed by atoms with Gasteiger partial charge in [0.1, 0.15) is 23.1 Å². The van der Waals surface area contributed by atoms with Crippen molar-refractivity contribution in [3.8, 4) is 0 Å². The SMILES string of the molecule is O=C(Nc1ccc(Cl)cc1C(=O)Nc1ccc(F)cn1)c1cnc(N2CCCNCC2)cn1. The van der Waals surface area contributed by atoms with Crippen LogP contribution < -0.4 is 20.9 Å². The molecule has 0 saturated carbocycles. The smallest absolute Gasteiger partial charge is 0.275 e. The molecule has 3 aromatic rings. The van der Waals surface area contributed by atoms with Crippen LogP contribution in [0.2, 0.25) is 5.02 Å². The van der Waals surface area contributed by atoms with Gasteiger partial charge >= 0.3 is 0 Å². The van der Waals surface area contributed by atoms with E-state index in [1.165, 1.54) is 30.5 Å². The minimum atomic E-state index is -0.567. The number of pyridine rings is 1. The normalized spacial score (nSPS) is 13.8. The number of nitrogens with one attached hydrogen (secondary N) is 3. The lowest BCUT2D eigenvalue weighted by atomic mass is 10.1. The first-order chi connectivity index (χ1) is 16.0. The van der Waals surface area contributed by atoms with Crippen LogP contribution in [-0.2, 0) is 0 Å². The van der Waals surface area contributed by atoms with Gasteiger partial charge in [0.25, 0.3) is 11.8 Å². The van der Waals surface area contributed by atoms with E-state index in [9.17, 15) is 14.0 Å². The van der Waals surface area contributed by atoms with Crippen LogP contribution in [0.4, 0.5) is 21.7 Å². The highest BCUT2D eigenvalue weighted by Gasteiger charge is 2.18. The van der Waals surface area contributed by atoms with Gasteiger partial charge in [0.15, 0.2) is 0 Å². The molecule has 0 aliphatic carbocycles. The van der Waals surface area contributed by atoms with E-state index < -0.39 is 17.6 Å². The van der Waals surface area contributed by atoms with Gasteiger partial charge in [-0.15, -0.1) is 0 Å². The summed E-state index contributed by atoms with van der Waals surface area (Å²) < 4.78 is 13.1. The van der Waals surface area contributed by atoms with Gasteiger partial charge in [-0.3, -0.25) is 9.59 Å². The summed E-state index contributed by atoms with van der Waals surface area (Å²) >= 11 is 6.05. The van der Waals surface area contributed by atoms with Crippen molar-refractivity contribution < 1.29 is 14.0 Å². The Morgan fingerprint density at radius 1 is 0.970 bits per heavy atom. The first kappa shape index (κ1) is 22.6. The van der Waals surface area contributed by atoms with Crippen molar-refractivity contribution in [2.75, 3.05) is 41.7 Å². The monoisotopic (exact) mass is 469 g/mol. The molecule has 33 heavy (non-hydrogen) atoms. The summed E-state index contributed by atoms with van der Waals surface area (Å²) in [5, 5.41) is 8.85. The van der Waals surface area contributed by atoms with Crippen LogP contribution >= 0.6 is 11.6 Å². The first-order valence-corrected chi connectivity index (χ1v) is 10.7. The molecule has 2 aromatic heterocycles. The van der Waals surface area contributed by atoms with E-state index in [-0.39, 0.29) is 22.8 Å². The van der Waals surface area contributed by atoms with Crippen molar-refractivity contribution in [1.29, 1.82) is 0 Å². The third-order valence-electron chi connectivity index (χ3n) is 4.98. The van der Waals surface area contributed by atoms with Gasteiger partial charge in [-0.2, -0.15) is 0 Å². The number of anilines is 3. The minimum Gasteiger partial charge on any atom is -0.354 e. The van der Waals surface area contributed by atoms with Gasteiger partial charge in [0.2, 0.25) is 0 Å². The number of halogens is 2. The van der Waals surface area contributed by atoms with Gasteiger partial charge < -0.3 is 20.9 Å². The second kappa shape index (κ2) is 10.3. The van der Waals surface area contributed by atoms with Crippen LogP contribution in [0, 0.1) is 5.82 Å². The third-order valence-corrected chi connectivity index (χ3v) is 5.21. The maximum absolute atomic E-state index is 13.1. The Morgan fingerprint density at radius 2 is 1.85 bits per heavy atom. The van der Waals surface area contributed by atoms with Gasteiger partial charge in [-0.1, -0.05) is 11.6 Å². The molecule has 11 heteroatoms. The fourth-order valence-corrected chi connectivity index (χ4v) is 3.48. The number of aromatic nitrogens is 3. The molecule has 2 amide bonds. The molecule has 1 saturated heterocycles. The quantitative estimate of drug-likeness (QED) is 0.526. The zero-order valence-corrected chi connectivity index (χ0v) is 18.3. The molecular formula is C22H21ClFN7O2. The first-order valence-electron chi connectivity index (χ1n) is 10.3. The molecule has 1 aliphatic heterocycles. The van der Waals surface area contributed by atoms with Crippen molar-refractivity contribution >= 4 is 40.7 Å². The summed E-state index contributed by atoms with van der Waals surface area (Å²) in [5.41, 5.74) is 0.449. The lowest BCUT2D eigenvalue weighted by Gasteiger charge is -2.20. The van der Waals surface area contributed by atoms with Gasteiger partial charge in [-0.25, -0.2) is 19.3 Å². The van der Waals surface area contributed by atoms with Gasteiger partial charge in [0, 0.05) is 24.7 Å². The Labute approximate surface area is 194 Å². The van der Waals surface area contributed by atoms with E-state index >= 15 is 0 Å². The van der Waals surface area contributed by atoms with Crippen LogP contribution in [-0.4, -0.2) is 52.9 Å². The number of nitrogens with zero attached hydrogens (tertiary/aromatic N) is 4. The molecule has 0 radical (unpaired) electrons. The molecule has 0 bridgehead atoms. The summed E-state index contributed by atoms with van der Waals surface area (Å²) in [6.07, 6.45) is 4.95. The van der Waals surface area contributed by atoms with E-state index in [0.717, 1.165) is 38.8 Å². The predicted octanol–water partition coefficient (Wildman–Crippen LogP) is 2.97. The Bertz CT molecular complexity index is 1130. The average Bonchev–Trinajstić information content (AvgIpc) is 3.11. The van der Waals surface area contributed by atoms with Crippen molar-refractivity contribution in [3.63, 3.8) is 0 Å². The molecule has 0 atom stereocenters. The fourth-order valence-electron chi connectivity index (χ4n) is 3.31. The van der Waals surface area contributed by atoms with Crippen molar-refractivity contribution in [1.82, 2.24) is 20.3 Å². The van der Waals surface area contributed by atoms with Crippen molar-refractivity contribution in [2.45, 2.75) is 6.42 Å². The number of amides is 2. The van der Waals surface area contributed by atoms with Crippen LogP contribution in [0.25, 0.3) is 0 Å². The lowest BCUT2D eigenvalue weighted by Crippen LogP contribution is -2.29. The van der Waals surface area contributed by atoms with E-state index in [0.29, 0.717) is 10.8 Å². The molecule has 9 nitrogen and oxygen atoms in total. The Morgan fingerprint density at radius 3 is 2.61 bits per heavy atom. The summed E-state index contributed by atoms with van der Waals surface area (Å²) in [6.45, 7) is 3.49. The number of benzene rings is 1. The summed E-state index contributed by atoms with van der Waals surface area (Å²) in [5.74, 6) is -0.758. The molecule has 1 aromatic carbocycles. The molecular weight excluding hydrogens is 449 g/mol. The second-order valence-corrected chi connectivity index (χ2v) is 7.75. The van der Waals surface area contributed by atoms with Crippen molar-refractivity contribution in [2.24, 2.45) is 0 Å². The number of hydrogen-bond acceptors (Lipinski definition) is 7. The van der Waals surface area contributed by atoms with E-state index in [4.69, 9.17) is 11.6 Å². The average molecular weight is 470 g/mol. The number of hydrogen-bond donors (Lipinski definition) is 3. The number of carbonyl (C=O) groups excluding carboxylic acids is 2. The van der Waals surface area contributed by atoms with E-state index in [2.05, 4.69) is 35.8 Å². The standard InChI is InChI=1S/C22H21ClFN7O2/c23-14-2-4-17(16(10-14)21(32)30-19-5-3-15(24)11-27-19)29-22(33)18-12-28-20(13-26-18)31-8-1-6-25-7-9-31/h2-5,10-13,25H,1,6-9H2,(H,29,33)(H,27,30,32). The molecule has 1 aliphatic rings. The van der Waals surface area contributed by atoms with E-state index in [1.54, 1.807) is 12.3 Å². The fraction of sp³-hybridized carbons (Fsp3) is 0.227. The lowest BCUT2D eigenvalue weighted by molar-refractivity contribution is 0.102. The molecule has 3 heterocycles. The highest BCUT2D eigenvalue weighted by Crippen LogP contribution is 2.23. The van der Waals surface area contributed by atoms with E-state index in [1.807, 2.05) is 0 Å². The maximum atomic E-state index is 13.1. The van der Waals surface area contributed by atoms with Crippen LogP contribution in [0.1, 0.15) is 27.3 Å². The number of carbonyl (C=O) groups is 2. The van der Waals surface area contributed by atoms with Crippen LogP contribution in [0.5, 0.6) is 0 Å². The van der Waals surface area contributed by atoms with Crippen molar-refractivity contribution in [3.05, 3.63) is 71.0 Å². The number of rotatable bonds is 5. The maximum Gasteiger partial charge on any atom is 0.275 e. The third kappa shape index (κ3) is 5.79. The molecule has 3 N–H and O–H groups in total. The molecule has 0 unspecified atom stereocenters. The highest BCUT2D eigenvalue weighted by atomic mass is 35.5. The second-order valence-electron chi connectivity index (χ2n) is 7.31. The molecule has 0 spiro atoms. The summed E-state index contributed by atoms with van der Waals surface area (Å²) in [6, 6.07) is 6.98. The topological polar surface area (TPSA) is 112 Å². The van der Waals surface area contributed by atoms with Gasteiger partial charge in [-0.05, 0) is 43.3 Å². The summed E-state index contributed by atoms with van der Waals surface area (Å²) in [7, 11) is 0. The van der Waals surface area contributed by atoms with Crippen LogP contribution in [0.15, 0.2) is 48.9 Å². The van der Waals surface area contributed by atoms with Crippen LogP contribution in [0.3, 0.4) is 0 Å². The Balaban J connectivity index is 1.48. The largest absolute Gasteiger partial charge is 0.354 e. The predicted molar refractivity (Wildman–Crippen MR) is 123 cm³/mol. The Hall–Kier alpha value is -3.63. The zero-order valence-electron chi connectivity index (χ0n) is 17.5. The minimum absolute atomic E-state index is 0.105. The Kier molecular flexibility index (Phi) is 7.06. The molecule has 170 valence electrons. The molecule has 1 fully saturated rings. The molecule has 4 rings (SSSR count). The summed E-state index contributed by atoms with van der Waals surface area (Å²) in [4.78, 5) is 40.0.